The molecule has 0 saturated carbocycles. The molecular formula is C9H13ClN4O3. The fraction of sp³-hybridized carbons (Fsp3) is 0.667. The molecule has 0 unspecified atom stereocenters. The van der Waals surface area contributed by atoms with Gasteiger partial charge in [0.25, 0.3) is 0 Å². The lowest BCUT2D eigenvalue weighted by molar-refractivity contribution is -0.389. The molecule has 94 valence electrons. The third-order valence-corrected chi connectivity index (χ3v) is 3.13. The molecule has 0 aromatic carbocycles. The molecule has 0 bridgehead atoms. The minimum atomic E-state index is -0.867. The van der Waals surface area contributed by atoms with E-state index in [0.29, 0.717) is 12.8 Å². The fourth-order valence-corrected chi connectivity index (χ4v) is 2.16. The van der Waals surface area contributed by atoms with Gasteiger partial charge < -0.3 is 20.5 Å². The van der Waals surface area contributed by atoms with E-state index in [-0.39, 0.29) is 17.4 Å². The number of rotatable bonds is 3. The molecule has 0 aliphatic carbocycles. The third kappa shape index (κ3) is 2.74. The summed E-state index contributed by atoms with van der Waals surface area (Å²) in [6, 6.07) is 0. The van der Waals surface area contributed by atoms with Crippen molar-refractivity contribution in [3.63, 3.8) is 0 Å². The number of hydrogen-bond acceptors (Lipinski definition) is 5. The summed E-state index contributed by atoms with van der Waals surface area (Å²) in [5.74, 6) is -0.371. The number of halogens is 1. The lowest BCUT2D eigenvalue weighted by Gasteiger charge is -2.31. The predicted octanol–water partition coefficient (Wildman–Crippen LogP) is 0.559. The molecule has 1 aromatic heterocycles. The summed E-state index contributed by atoms with van der Waals surface area (Å²) >= 11 is 5.68. The van der Waals surface area contributed by atoms with Crippen LogP contribution in [0.2, 0.25) is 5.02 Å². The maximum absolute atomic E-state index is 10.6. The van der Waals surface area contributed by atoms with Crippen LogP contribution in [0.1, 0.15) is 12.8 Å². The summed E-state index contributed by atoms with van der Waals surface area (Å²) in [5.41, 5.74) is -0.867. The molecule has 7 nitrogen and oxygen atoms in total. The second-order valence-electron chi connectivity index (χ2n) is 4.23. The minimum absolute atomic E-state index is 0.00691. The van der Waals surface area contributed by atoms with E-state index in [2.05, 4.69) is 10.4 Å². The predicted molar refractivity (Wildman–Crippen MR) is 60.9 cm³/mol. The smallest absolute Gasteiger partial charge is 0.388 e. The first-order chi connectivity index (χ1) is 8.00. The number of nitrogens with one attached hydrogen (secondary N) is 1. The lowest BCUT2D eigenvalue weighted by atomic mass is 9.92. The maximum atomic E-state index is 10.6. The number of aliphatic hydroxyl groups is 1. The Morgan fingerprint density at radius 2 is 2.29 bits per heavy atom. The van der Waals surface area contributed by atoms with Gasteiger partial charge in [-0.15, -0.1) is 0 Å². The van der Waals surface area contributed by atoms with Crippen LogP contribution in [-0.4, -0.2) is 38.5 Å². The number of hydrogen-bond donors (Lipinski definition) is 2. The number of aromatic nitrogens is 2. The van der Waals surface area contributed by atoms with Gasteiger partial charge in [-0.2, -0.15) is 4.68 Å². The maximum Gasteiger partial charge on any atom is 0.408 e. The van der Waals surface area contributed by atoms with E-state index >= 15 is 0 Å². The Morgan fingerprint density at radius 3 is 2.82 bits per heavy atom. The Labute approximate surface area is 103 Å². The fourth-order valence-electron chi connectivity index (χ4n) is 1.94. The van der Waals surface area contributed by atoms with Crippen molar-refractivity contribution in [1.82, 2.24) is 15.1 Å². The van der Waals surface area contributed by atoms with Gasteiger partial charge in [-0.05, 0) is 30.9 Å². The number of nitrogens with zero attached hydrogens (tertiary/aromatic N) is 3. The molecule has 1 aliphatic heterocycles. The average molecular weight is 261 g/mol. The Bertz CT molecular complexity index is 428. The van der Waals surface area contributed by atoms with Gasteiger partial charge in [0.05, 0.1) is 23.4 Å². The van der Waals surface area contributed by atoms with Crippen molar-refractivity contribution in [1.29, 1.82) is 0 Å². The van der Waals surface area contributed by atoms with Crippen LogP contribution in [0.3, 0.4) is 0 Å². The normalized spacial score (nSPS) is 19.2. The standard InChI is InChI=1S/C9H13ClN4O3/c10-7-5-13(12-8(7)14(16)17)6-9(15)1-3-11-4-2-9/h5,11,15H,1-4,6H2. The molecule has 0 atom stereocenters. The highest BCUT2D eigenvalue weighted by Gasteiger charge is 2.32. The minimum Gasteiger partial charge on any atom is -0.388 e. The quantitative estimate of drug-likeness (QED) is 0.612. The van der Waals surface area contributed by atoms with Crippen molar-refractivity contribution >= 4 is 17.4 Å². The van der Waals surface area contributed by atoms with Crippen molar-refractivity contribution in [2.24, 2.45) is 0 Å². The van der Waals surface area contributed by atoms with E-state index in [4.69, 9.17) is 11.6 Å². The summed E-state index contributed by atoms with van der Waals surface area (Å²) in [6.45, 7) is 1.68. The van der Waals surface area contributed by atoms with Crippen LogP contribution in [0, 0.1) is 10.1 Å². The molecular weight excluding hydrogens is 248 g/mol. The summed E-state index contributed by atoms with van der Waals surface area (Å²) in [7, 11) is 0. The van der Waals surface area contributed by atoms with Crippen LogP contribution in [0.15, 0.2) is 6.20 Å². The van der Waals surface area contributed by atoms with Crippen LogP contribution >= 0.6 is 11.6 Å². The summed E-state index contributed by atoms with van der Waals surface area (Å²) in [6.07, 6.45) is 2.57. The molecule has 0 spiro atoms. The lowest BCUT2D eigenvalue weighted by Crippen LogP contribution is -2.44. The van der Waals surface area contributed by atoms with Gasteiger partial charge in [0, 0.05) is 0 Å². The van der Waals surface area contributed by atoms with E-state index < -0.39 is 10.5 Å². The largest absolute Gasteiger partial charge is 0.408 e. The molecule has 17 heavy (non-hydrogen) atoms. The SMILES string of the molecule is O=[N+]([O-])c1nn(CC2(O)CCNCC2)cc1Cl. The highest BCUT2D eigenvalue weighted by Crippen LogP contribution is 2.25. The zero-order valence-corrected chi connectivity index (χ0v) is 9.85. The number of nitro groups is 1. The topological polar surface area (TPSA) is 93.2 Å². The van der Waals surface area contributed by atoms with Crippen molar-refractivity contribution in [3.8, 4) is 0 Å². The highest BCUT2D eigenvalue weighted by molar-refractivity contribution is 6.32. The van der Waals surface area contributed by atoms with Crippen LogP contribution in [0.4, 0.5) is 5.82 Å². The second kappa shape index (κ2) is 4.59. The Hall–Kier alpha value is -1.18. The molecule has 2 N–H and O–H groups in total. The molecule has 2 heterocycles. The van der Waals surface area contributed by atoms with Crippen molar-refractivity contribution in [2.45, 2.75) is 25.0 Å². The summed E-state index contributed by atoms with van der Waals surface area (Å²) < 4.78 is 1.34. The summed E-state index contributed by atoms with van der Waals surface area (Å²) in [4.78, 5) is 9.95. The van der Waals surface area contributed by atoms with E-state index in [1.807, 2.05) is 0 Å². The molecule has 2 rings (SSSR count). The third-order valence-electron chi connectivity index (χ3n) is 2.86. The Balaban J connectivity index is 2.13. The average Bonchev–Trinajstić information content (AvgIpc) is 2.59. The molecule has 1 saturated heterocycles. The van der Waals surface area contributed by atoms with Gasteiger partial charge in [-0.25, -0.2) is 0 Å². The molecule has 1 fully saturated rings. The molecule has 1 aliphatic rings. The first-order valence-electron chi connectivity index (χ1n) is 5.31. The van der Waals surface area contributed by atoms with Crippen molar-refractivity contribution in [2.75, 3.05) is 13.1 Å². The second-order valence-corrected chi connectivity index (χ2v) is 4.64. The van der Waals surface area contributed by atoms with E-state index in [0.717, 1.165) is 13.1 Å². The monoisotopic (exact) mass is 260 g/mol. The molecule has 0 radical (unpaired) electrons. The van der Waals surface area contributed by atoms with Gasteiger partial charge in [0.1, 0.15) is 0 Å². The van der Waals surface area contributed by atoms with Gasteiger partial charge in [0.15, 0.2) is 5.02 Å². The van der Waals surface area contributed by atoms with Gasteiger partial charge >= 0.3 is 5.82 Å². The molecule has 1 aromatic rings. The van der Waals surface area contributed by atoms with Crippen molar-refractivity contribution in [3.05, 3.63) is 21.3 Å². The van der Waals surface area contributed by atoms with Gasteiger partial charge in [-0.3, -0.25) is 0 Å². The van der Waals surface area contributed by atoms with Crippen LogP contribution < -0.4 is 5.32 Å². The summed E-state index contributed by atoms with van der Waals surface area (Å²) in [5, 5.41) is 27.7. The zero-order chi connectivity index (χ0) is 12.5. The highest BCUT2D eigenvalue weighted by atomic mass is 35.5. The Kier molecular flexibility index (Phi) is 3.32. The van der Waals surface area contributed by atoms with E-state index in [9.17, 15) is 15.2 Å². The molecule has 8 heteroatoms. The van der Waals surface area contributed by atoms with E-state index in [1.165, 1.54) is 10.9 Å². The zero-order valence-electron chi connectivity index (χ0n) is 9.10. The van der Waals surface area contributed by atoms with Gasteiger partial charge in [-0.1, -0.05) is 11.6 Å². The van der Waals surface area contributed by atoms with Crippen LogP contribution in [-0.2, 0) is 6.54 Å². The van der Waals surface area contributed by atoms with E-state index in [1.54, 1.807) is 0 Å². The van der Waals surface area contributed by atoms with Crippen LogP contribution in [0.25, 0.3) is 0 Å². The van der Waals surface area contributed by atoms with Crippen LogP contribution in [0.5, 0.6) is 0 Å². The van der Waals surface area contributed by atoms with Crippen molar-refractivity contribution < 1.29 is 10.0 Å². The first kappa shape index (κ1) is 12.3. The number of piperidine rings is 1. The van der Waals surface area contributed by atoms with Gasteiger partial charge in [0.2, 0.25) is 0 Å². The Morgan fingerprint density at radius 1 is 1.65 bits per heavy atom. The first-order valence-corrected chi connectivity index (χ1v) is 5.68. The molecule has 0 amide bonds.